The van der Waals surface area contributed by atoms with Gasteiger partial charge >= 0.3 is 6.36 Å². The molecule has 0 saturated heterocycles. The van der Waals surface area contributed by atoms with Gasteiger partial charge in [-0.05, 0) is 49.1 Å². The Hall–Kier alpha value is -2.07. The molecule has 0 N–H and O–H groups in total. The van der Waals surface area contributed by atoms with Crippen molar-refractivity contribution in [1.29, 1.82) is 0 Å². The molecule has 2 aliphatic rings. The molecule has 2 aromatic rings. The summed E-state index contributed by atoms with van der Waals surface area (Å²) in [5.41, 5.74) is 3.11. The van der Waals surface area contributed by atoms with Crippen LogP contribution in [-0.4, -0.2) is 35.4 Å². The van der Waals surface area contributed by atoms with Gasteiger partial charge in [-0.3, -0.25) is 4.68 Å². The Bertz CT molecular complexity index is 936. The van der Waals surface area contributed by atoms with Crippen molar-refractivity contribution in [1.82, 2.24) is 14.1 Å². The van der Waals surface area contributed by atoms with Crippen LogP contribution >= 0.6 is 0 Å². The lowest BCUT2D eigenvalue weighted by atomic mass is 10.2. The van der Waals surface area contributed by atoms with E-state index in [1.54, 1.807) is 0 Å². The number of aryl methyl sites for hydroxylation is 1. The van der Waals surface area contributed by atoms with E-state index in [1.807, 2.05) is 4.68 Å². The minimum Gasteiger partial charge on any atom is -0.406 e. The third kappa shape index (κ3) is 3.07. The van der Waals surface area contributed by atoms with Gasteiger partial charge in [0, 0.05) is 6.54 Å². The first-order valence-electron chi connectivity index (χ1n) is 8.17. The molecule has 0 fully saturated rings. The number of sulfonamides is 1. The maximum atomic E-state index is 12.8. The third-order valence-electron chi connectivity index (χ3n) is 4.67. The molecule has 0 unspecified atom stereocenters. The van der Waals surface area contributed by atoms with Crippen LogP contribution in [0.2, 0.25) is 0 Å². The average molecular weight is 387 g/mol. The van der Waals surface area contributed by atoms with Crippen molar-refractivity contribution < 1.29 is 26.3 Å². The molecule has 1 aliphatic carbocycles. The number of nitrogens with zero attached hydrogens (tertiary/aromatic N) is 3. The molecule has 26 heavy (non-hydrogen) atoms. The lowest BCUT2D eigenvalue weighted by Gasteiger charge is -2.27. The van der Waals surface area contributed by atoms with E-state index in [9.17, 15) is 21.6 Å². The molecule has 10 heteroatoms. The number of hydrogen-bond acceptors (Lipinski definition) is 4. The molecule has 4 rings (SSSR count). The van der Waals surface area contributed by atoms with Crippen molar-refractivity contribution in [3.8, 4) is 5.75 Å². The summed E-state index contributed by atoms with van der Waals surface area (Å²) in [5, 5.41) is 4.54. The predicted octanol–water partition coefficient (Wildman–Crippen LogP) is 2.47. The van der Waals surface area contributed by atoms with Crippen LogP contribution in [0.3, 0.4) is 0 Å². The fourth-order valence-corrected chi connectivity index (χ4v) is 4.89. The van der Waals surface area contributed by atoms with Crippen molar-refractivity contribution >= 4 is 10.0 Å². The van der Waals surface area contributed by atoms with Gasteiger partial charge in [-0.25, -0.2) is 8.42 Å². The third-order valence-corrected chi connectivity index (χ3v) is 6.53. The topological polar surface area (TPSA) is 64.4 Å². The molecular weight excluding hydrogens is 371 g/mol. The van der Waals surface area contributed by atoms with Crippen molar-refractivity contribution in [2.45, 2.75) is 43.6 Å². The minimum absolute atomic E-state index is 0.0587. The number of hydrogen-bond donors (Lipinski definition) is 0. The van der Waals surface area contributed by atoms with Gasteiger partial charge in [0.1, 0.15) is 5.75 Å². The van der Waals surface area contributed by atoms with E-state index in [0.717, 1.165) is 60.5 Å². The largest absolute Gasteiger partial charge is 0.573 e. The second kappa shape index (κ2) is 5.98. The van der Waals surface area contributed by atoms with Crippen molar-refractivity contribution in [2.24, 2.45) is 0 Å². The summed E-state index contributed by atoms with van der Waals surface area (Å²) in [7, 11) is -3.81. The van der Waals surface area contributed by atoms with Crippen LogP contribution in [0.4, 0.5) is 13.2 Å². The standard InChI is InChI=1S/C16H16F3N3O3S/c17-16(18,19)25-11-4-6-12(7-5-11)26(23,24)21-8-9-22-15(10-21)13-2-1-3-14(13)20-22/h4-7H,1-3,8-10H2. The summed E-state index contributed by atoms with van der Waals surface area (Å²) < 4.78 is 69.4. The fourth-order valence-electron chi connectivity index (χ4n) is 3.49. The van der Waals surface area contributed by atoms with Gasteiger partial charge in [-0.1, -0.05) is 0 Å². The Kier molecular flexibility index (Phi) is 3.99. The van der Waals surface area contributed by atoms with E-state index in [2.05, 4.69) is 9.84 Å². The van der Waals surface area contributed by atoms with Gasteiger partial charge in [0.05, 0.1) is 29.4 Å². The number of halogens is 3. The predicted molar refractivity (Wildman–Crippen MR) is 85.0 cm³/mol. The van der Waals surface area contributed by atoms with E-state index in [0.29, 0.717) is 6.54 Å². The van der Waals surface area contributed by atoms with Crippen LogP contribution in [0.25, 0.3) is 0 Å². The maximum absolute atomic E-state index is 12.8. The highest BCUT2D eigenvalue weighted by molar-refractivity contribution is 7.89. The Morgan fingerprint density at radius 2 is 1.81 bits per heavy atom. The number of fused-ring (bicyclic) bond motifs is 3. The van der Waals surface area contributed by atoms with E-state index >= 15 is 0 Å². The van der Waals surface area contributed by atoms with Crippen LogP contribution < -0.4 is 4.74 Å². The first-order chi connectivity index (χ1) is 12.2. The van der Waals surface area contributed by atoms with Crippen LogP contribution in [-0.2, 0) is 36.0 Å². The van der Waals surface area contributed by atoms with E-state index in [4.69, 9.17) is 0 Å². The Morgan fingerprint density at radius 1 is 1.08 bits per heavy atom. The van der Waals surface area contributed by atoms with E-state index in [1.165, 1.54) is 4.31 Å². The highest BCUT2D eigenvalue weighted by Gasteiger charge is 2.34. The summed E-state index contributed by atoms with van der Waals surface area (Å²) in [5.74, 6) is -0.453. The highest BCUT2D eigenvalue weighted by atomic mass is 32.2. The van der Waals surface area contributed by atoms with Crippen LogP contribution in [0, 0.1) is 0 Å². The van der Waals surface area contributed by atoms with Crippen LogP contribution in [0.5, 0.6) is 5.75 Å². The Balaban J connectivity index is 1.57. The quantitative estimate of drug-likeness (QED) is 0.812. The zero-order valence-electron chi connectivity index (χ0n) is 13.7. The summed E-state index contributed by atoms with van der Waals surface area (Å²) >= 11 is 0. The average Bonchev–Trinajstić information content (AvgIpc) is 3.14. The van der Waals surface area contributed by atoms with Crippen molar-refractivity contribution in [3.05, 3.63) is 41.2 Å². The highest BCUT2D eigenvalue weighted by Crippen LogP contribution is 2.31. The molecule has 0 radical (unpaired) electrons. The molecule has 0 amide bonds. The monoisotopic (exact) mass is 387 g/mol. The summed E-state index contributed by atoms with van der Waals surface area (Å²) in [6.07, 6.45) is -1.96. The van der Waals surface area contributed by atoms with Crippen LogP contribution in [0.15, 0.2) is 29.2 Å². The van der Waals surface area contributed by atoms with Gasteiger partial charge in [-0.15, -0.1) is 13.2 Å². The number of aromatic nitrogens is 2. The summed E-state index contributed by atoms with van der Waals surface area (Å²) in [6, 6.07) is 4.28. The summed E-state index contributed by atoms with van der Waals surface area (Å²) in [6.45, 7) is 0.971. The number of ether oxygens (including phenoxy) is 1. The van der Waals surface area contributed by atoms with Gasteiger partial charge in [-0.2, -0.15) is 9.40 Å². The second-order valence-corrected chi connectivity index (χ2v) is 8.24. The van der Waals surface area contributed by atoms with Gasteiger partial charge in [0.15, 0.2) is 0 Å². The zero-order chi connectivity index (χ0) is 18.5. The molecular formula is C16H16F3N3O3S. The number of alkyl halides is 3. The van der Waals surface area contributed by atoms with Gasteiger partial charge in [0.2, 0.25) is 10.0 Å². The number of benzene rings is 1. The normalized spacial score (nSPS) is 17.8. The second-order valence-electron chi connectivity index (χ2n) is 6.31. The zero-order valence-corrected chi connectivity index (χ0v) is 14.5. The maximum Gasteiger partial charge on any atom is 0.573 e. The Morgan fingerprint density at radius 3 is 2.50 bits per heavy atom. The minimum atomic E-state index is -4.81. The number of rotatable bonds is 3. The smallest absolute Gasteiger partial charge is 0.406 e. The molecule has 1 aromatic carbocycles. The van der Waals surface area contributed by atoms with E-state index in [-0.39, 0.29) is 18.0 Å². The van der Waals surface area contributed by atoms with Crippen molar-refractivity contribution in [2.75, 3.05) is 6.54 Å². The first-order valence-corrected chi connectivity index (χ1v) is 9.61. The van der Waals surface area contributed by atoms with Crippen LogP contribution in [0.1, 0.15) is 23.4 Å². The lowest BCUT2D eigenvalue weighted by molar-refractivity contribution is -0.274. The lowest BCUT2D eigenvalue weighted by Crippen LogP contribution is -2.38. The fraction of sp³-hybridized carbons (Fsp3) is 0.438. The molecule has 6 nitrogen and oxygen atoms in total. The molecule has 0 bridgehead atoms. The molecule has 140 valence electrons. The van der Waals surface area contributed by atoms with Crippen molar-refractivity contribution in [3.63, 3.8) is 0 Å². The molecule has 0 atom stereocenters. The molecule has 1 aliphatic heterocycles. The first kappa shape index (κ1) is 17.3. The Labute approximate surface area is 148 Å². The molecule has 2 heterocycles. The molecule has 1 aromatic heterocycles. The molecule has 0 saturated carbocycles. The molecule has 0 spiro atoms. The summed E-state index contributed by atoms with van der Waals surface area (Å²) in [4.78, 5) is -0.0587. The van der Waals surface area contributed by atoms with E-state index < -0.39 is 22.1 Å². The van der Waals surface area contributed by atoms with Gasteiger partial charge in [0.25, 0.3) is 0 Å². The SMILES string of the molecule is O=S(=O)(c1ccc(OC(F)(F)F)cc1)N1CCn2nc3c(c2C1)CCC3. The van der Waals surface area contributed by atoms with Gasteiger partial charge < -0.3 is 4.74 Å².